The molecule has 4 nitrogen and oxygen atoms in total. The molecule has 0 radical (unpaired) electrons. The molecule has 0 spiro atoms. The number of halogens is 2. The van der Waals surface area contributed by atoms with Crippen molar-refractivity contribution < 1.29 is 9.50 Å². The Kier molecular flexibility index (Phi) is 4.67. The minimum absolute atomic E-state index is 0.0141. The number of hydrogen-bond acceptors (Lipinski definition) is 4. The molecule has 0 unspecified atom stereocenters. The minimum atomic E-state index is -0.662. The van der Waals surface area contributed by atoms with Crippen molar-refractivity contribution in [3.05, 3.63) is 22.6 Å². The zero-order chi connectivity index (χ0) is 13.0. The summed E-state index contributed by atoms with van der Waals surface area (Å²) in [5, 5.41) is 20.5. The van der Waals surface area contributed by atoms with Crippen LogP contribution in [0.25, 0.3) is 0 Å². The highest BCUT2D eigenvalue weighted by atomic mass is 35.5. The summed E-state index contributed by atoms with van der Waals surface area (Å²) < 4.78 is 13.6. The number of nitrogens with zero attached hydrogens (tertiary/aromatic N) is 2. The molecule has 6 heteroatoms. The fourth-order valence-electron chi connectivity index (χ4n) is 1.24. The van der Waals surface area contributed by atoms with E-state index in [-0.39, 0.29) is 35.1 Å². The van der Waals surface area contributed by atoms with Crippen LogP contribution in [0.3, 0.4) is 0 Å². The second-order valence-corrected chi connectivity index (χ2v) is 4.30. The Bertz CT molecular complexity index is 445. The lowest BCUT2D eigenvalue weighted by Crippen LogP contribution is -2.30. The van der Waals surface area contributed by atoms with Crippen molar-refractivity contribution in [2.24, 2.45) is 5.92 Å². The second kappa shape index (κ2) is 5.80. The molecule has 0 aromatic carbocycles. The first-order chi connectivity index (χ1) is 7.99. The Morgan fingerprint density at radius 3 is 2.76 bits per heavy atom. The van der Waals surface area contributed by atoms with E-state index in [0.29, 0.717) is 0 Å². The van der Waals surface area contributed by atoms with Gasteiger partial charge in [0.05, 0.1) is 18.2 Å². The molecule has 92 valence electrons. The molecular formula is C11H13ClFN3O. The predicted octanol–water partition coefficient (Wildman–Crippen LogP) is 2.17. The largest absolute Gasteiger partial charge is 0.394 e. The molecule has 0 aliphatic heterocycles. The molecule has 1 heterocycles. The molecule has 0 bridgehead atoms. The van der Waals surface area contributed by atoms with Gasteiger partial charge in [0.2, 0.25) is 0 Å². The van der Waals surface area contributed by atoms with E-state index in [4.69, 9.17) is 22.0 Å². The highest BCUT2D eigenvalue weighted by molar-refractivity contribution is 6.30. The molecule has 2 N–H and O–H groups in total. The molecule has 0 aliphatic carbocycles. The van der Waals surface area contributed by atoms with Crippen molar-refractivity contribution in [1.29, 1.82) is 5.26 Å². The van der Waals surface area contributed by atoms with Gasteiger partial charge < -0.3 is 10.4 Å². The van der Waals surface area contributed by atoms with Gasteiger partial charge in [-0.05, 0) is 12.0 Å². The Morgan fingerprint density at radius 1 is 1.65 bits per heavy atom. The quantitative estimate of drug-likeness (QED) is 0.811. The summed E-state index contributed by atoms with van der Waals surface area (Å²) in [6.07, 6.45) is 0. The Morgan fingerprint density at radius 2 is 2.29 bits per heavy atom. The first kappa shape index (κ1) is 13.7. The van der Waals surface area contributed by atoms with Crippen LogP contribution in [-0.4, -0.2) is 22.7 Å². The van der Waals surface area contributed by atoms with Gasteiger partial charge in [0, 0.05) is 0 Å². The highest BCUT2D eigenvalue weighted by Gasteiger charge is 2.16. The first-order valence-corrected chi connectivity index (χ1v) is 5.51. The fourth-order valence-corrected chi connectivity index (χ4v) is 1.43. The van der Waals surface area contributed by atoms with Gasteiger partial charge in [-0.2, -0.15) is 5.26 Å². The molecule has 0 saturated heterocycles. The number of anilines is 1. The lowest BCUT2D eigenvalue weighted by molar-refractivity contribution is 0.248. The second-order valence-electron chi connectivity index (χ2n) is 3.95. The highest BCUT2D eigenvalue weighted by Crippen LogP contribution is 2.21. The van der Waals surface area contributed by atoms with Crippen LogP contribution in [-0.2, 0) is 0 Å². The van der Waals surface area contributed by atoms with E-state index < -0.39 is 5.82 Å². The molecule has 0 amide bonds. The van der Waals surface area contributed by atoms with Crippen molar-refractivity contribution >= 4 is 17.4 Å². The van der Waals surface area contributed by atoms with E-state index in [1.807, 2.05) is 13.8 Å². The smallest absolute Gasteiger partial charge is 0.166 e. The molecule has 1 rings (SSSR count). The van der Waals surface area contributed by atoms with E-state index in [0.717, 1.165) is 6.07 Å². The number of aliphatic hydroxyl groups is 1. The van der Waals surface area contributed by atoms with Crippen molar-refractivity contribution in [3.63, 3.8) is 0 Å². The van der Waals surface area contributed by atoms with Crippen molar-refractivity contribution in [1.82, 2.24) is 4.98 Å². The molecular weight excluding hydrogens is 245 g/mol. The Labute approximate surface area is 104 Å². The predicted molar refractivity (Wildman–Crippen MR) is 63.3 cm³/mol. The molecule has 1 aromatic heterocycles. The maximum atomic E-state index is 13.6. The third-order valence-corrected chi connectivity index (χ3v) is 2.66. The normalized spacial score (nSPS) is 12.3. The average Bonchev–Trinajstić information content (AvgIpc) is 2.29. The van der Waals surface area contributed by atoms with E-state index >= 15 is 0 Å². The summed E-state index contributed by atoms with van der Waals surface area (Å²) in [6.45, 7) is 3.63. The first-order valence-electron chi connectivity index (χ1n) is 5.13. The van der Waals surface area contributed by atoms with Crippen molar-refractivity contribution in [2.75, 3.05) is 11.9 Å². The Hall–Kier alpha value is -1.38. The third kappa shape index (κ3) is 3.29. The number of aliphatic hydroxyl groups excluding tert-OH is 1. The number of aromatic nitrogens is 1. The zero-order valence-corrected chi connectivity index (χ0v) is 10.3. The van der Waals surface area contributed by atoms with E-state index in [9.17, 15) is 4.39 Å². The zero-order valence-electron chi connectivity index (χ0n) is 9.54. The van der Waals surface area contributed by atoms with Crippen LogP contribution in [0.4, 0.5) is 10.2 Å². The number of rotatable bonds is 4. The summed E-state index contributed by atoms with van der Waals surface area (Å²) >= 11 is 5.70. The van der Waals surface area contributed by atoms with Crippen LogP contribution >= 0.6 is 11.6 Å². The molecule has 1 aromatic rings. The van der Waals surface area contributed by atoms with Gasteiger partial charge in [-0.15, -0.1) is 0 Å². The number of pyridine rings is 1. The summed E-state index contributed by atoms with van der Waals surface area (Å²) in [7, 11) is 0. The molecule has 0 aliphatic rings. The molecule has 0 saturated carbocycles. The van der Waals surface area contributed by atoms with Gasteiger partial charge >= 0.3 is 0 Å². The molecule has 1 atom stereocenters. The van der Waals surface area contributed by atoms with Crippen LogP contribution in [0.1, 0.15) is 19.4 Å². The fraction of sp³-hybridized carbons (Fsp3) is 0.455. The number of nitrogens with one attached hydrogen (secondary N) is 1. The summed E-state index contributed by atoms with van der Waals surface area (Å²) in [5.41, 5.74) is -0.0141. The van der Waals surface area contributed by atoms with Crippen LogP contribution in [0, 0.1) is 23.1 Å². The van der Waals surface area contributed by atoms with Gasteiger partial charge in [-0.25, -0.2) is 9.37 Å². The maximum absolute atomic E-state index is 13.6. The van der Waals surface area contributed by atoms with E-state index in [1.165, 1.54) is 0 Å². The van der Waals surface area contributed by atoms with Crippen LogP contribution in [0.5, 0.6) is 0 Å². The van der Waals surface area contributed by atoms with Gasteiger partial charge in [0.15, 0.2) is 11.6 Å². The Balaban J connectivity index is 3.00. The van der Waals surface area contributed by atoms with Gasteiger partial charge in [0.25, 0.3) is 0 Å². The van der Waals surface area contributed by atoms with Crippen LogP contribution < -0.4 is 5.32 Å². The van der Waals surface area contributed by atoms with Crippen LogP contribution in [0.2, 0.25) is 5.15 Å². The topological polar surface area (TPSA) is 68.9 Å². The maximum Gasteiger partial charge on any atom is 0.166 e. The van der Waals surface area contributed by atoms with Gasteiger partial charge in [0.1, 0.15) is 11.2 Å². The van der Waals surface area contributed by atoms with E-state index in [2.05, 4.69) is 10.3 Å². The van der Waals surface area contributed by atoms with Gasteiger partial charge in [-0.1, -0.05) is 25.4 Å². The SMILES string of the molecule is CC(C)[C@@H](CO)Nc1nc(Cl)c(C#N)cc1F. The monoisotopic (exact) mass is 257 g/mol. The number of hydrogen-bond donors (Lipinski definition) is 2. The third-order valence-electron chi connectivity index (χ3n) is 2.37. The van der Waals surface area contributed by atoms with Crippen molar-refractivity contribution in [2.45, 2.75) is 19.9 Å². The summed E-state index contributed by atoms with van der Waals surface area (Å²) in [6, 6.07) is 2.44. The van der Waals surface area contributed by atoms with Crippen LogP contribution in [0.15, 0.2) is 6.07 Å². The number of nitriles is 1. The lowest BCUT2D eigenvalue weighted by atomic mass is 10.1. The molecule has 17 heavy (non-hydrogen) atoms. The standard InChI is InChI=1S/C11H13ClFN3O/c1-6(2)9(5-17)15-11-8(13)3-7(4-14)10(12)16-11/h3,6,9,17H,5H2,1-2H3,(H,15,16)/t9-/m1/s1. The lowest BCUT2D eigenvalue weighted by Gasteiger charge is -2.20. The van der Waals surface area contributed by atoms with Gasteiger partial charge in [-0.3, -0.25) is 0 Å². The summed E-state index contributed by atoms with van der Waals surface area (Å²) in [4.78, 5) is 3.76. The summed E-state index contributed by atoms with van der Waals surface area (Å²) in [5.74, 6) is -0.609. The minimum Gasteiger partial charge on any atom is -0.394 e. The molecule has 0 fully saturated rings. The average molecular weight is 258 g/mol. The van der Waals surface area contributed by atoms with E-state index in [1.54, 1.807) is 6.07 Å². The van der Waals surface area contributed by atoms with Crippen molar-refractivity contribution in [3.8, 4) is 6.07 Å².